The molecule has 10 heteroatoms. The number of hydrogen-bond donors (Lipinski definition) is 1. The van der Waals surface area contributed by atoms with Crippen LogP contribution < -0.4 is 10.4 Å². The summed E-state index contributed by atoms with van der Waals surface area (Å²) in [5.74, 6) is -1.17. The van der Waals surface area contributed by atoms with Crippen LogP contribution >= 0.6 is 0 Å². The van der Waals surface area contributed by atoms with Crippen molar-refractivity contribution in [3.05, 3.63) is 169 Å². The highest BCUT2D eigenvalue weighted by atomic mass is 28.4. The molecule has 7 rings (SSSR count). The predicted molar refractivity (Wildman–Crippen MR) is 250 cm³/mol. The molecule has 0 aliphatic carbocycles. The lowest BCUT2D eigenvalue weighted by Crippen LogP contribution is -2.74. The smallest absolute Gasteiger partial charge is 0.261 e. The zero-order valence-electron chi connectivity index (χ0n) is 37.8. The largest absolute Gasteiger partial charge is 0.466 e. The Morgan fingerprint density at radius 1 is 0.677 bits per heavy atom. The molecule has 2 aliphatic heterocycles. The van der Waals surface area contributed by atoms with Crippen molar-refractivity contribution < 1.29 is 37.3 Å². The van der Waals surface area contributed by atoms with E-state index in [0.717, 1.165) is 21.5 Å². The first-order chi connectivity index (χ1) is 29.5. The molecular formula is C52H66O8Si2. The fraction of sp³-hybridized carbons (Fsp3) is 0.423. The Hall–Kier alpha value is -3.95. The van der Waals surface area contributed by atoms with Gasteiger partial charge in [0.05, 0.1) is 32.7 Å². The number of rotatable bonds is 18. The van der Waals surface area contributed by atoms with Crippen molar-refractivity contribution in [2.45, 2.75) is 126 Å². The highest BCUT2D eigenvalue weighted by Crippen LogP contribution is 2.60. The van der Waals surface area contributed by atoms with Crippen molar-refractivity contribution >= 4 is 27.0 Å². The molecule has 5 aromatic rings. The summed E-state index contributed by atoms with van der Waals surface area (Å²) in [4.78, 5) is 0. The van der Waals surface area contributed by atoms with Crippen LogP contribution in [0.3, 0.4) is 0 Å². The van der Waals surface area contributed by atoms with Gasteiger partial charge in [0, 0.05) is 6.42 Å². The maximum Gasteiger partial charge on any atom is 0.261 e. The quantitative estimate of drug-likeness (QED) is 0.0688. The minimum Gasteiger partial charge on any atom is -0.466 e. The summed E-state index contributed by atoms with van der Waals surface area (Å²) >= 11 is 0. The first kappa shape index (κ1) is 46.1. The number of ether oxygens (including phenoxy) is 4. The number of allylic oxidation sites excluding steroid dienone is 1. The molecule has 8 nitrogen and oxygen atoms in total. The maximum absolute atomic E-state index is 14.3. The van der Waals surface area contributed by atoms with Gasteiger partial charge in [-0.25, -0.2) is 0 Å². The SMILES string of the molecule is C=CCC[C@]12O[C@H](CO[Si](C)(C)C(C)(C)C)[C@@](O)(c3ccco3)[C@](CO[Si](c3ccccc3)(c3ccccc3)C(C)(C)C)(O1)[C@H](OCc1ccccc1)[C@H]2OCc1ccccc1. The molecular weight excluding hydrogens is 809 g/mol. The Balaban J connectivity index is 1.49. The summed E-state index contributed by atoms with van der Waals surface area (Å²) in [6.45, 7) is 22.3. The molecule has 2 saturated heterocycles. The third kappa shape index (κ3) is 8.54. The molecule has 3 heterocycles. The zero-order chi connectivity index (χ0) is 44.3. The second-order valence-corrected chi connectivity index (χ2v) is 28.6. The van der Waals surface area contributed by atoms with Gasteiger partial charge in [0.1, 0.15) is 24.1 Å². The van der Waals surface area contributed by atoms with Crippen molar-refractivity contribution in [2.75, 3.05) is 13.2 Å². The Labute approximate surface area is 371 Å². The summed E-state index contributed by atoms with van der Waals surface area (Å²) < 4.78 is 50.6. The molecule has 0 radical (unpaired) electrons. The highest BCUT2D eigenvalue weighted by Gasteiger charge is 2.80. The van der Waals surface area contributed by atoms with E-state index in [4.69, 9.17) is 32.2 Å². The van der Waals surface area contributed by atoms with Gasteiger partial charge < -0.3 is 37.3 Å². The molecule has 2 bridgehead atoms. The molecule has 0 unspecified atom stereocenters. The number of hydrogen-bond acceptors (Lipinski definition) is 8. The molecule has 1 aromatic heterocycles. The van der Waals surface area contributed by atoms with Crippen LogP contribution in [0.2, 0.25) is 23.2 Å². The van der Waals surface area contributed by atoms with E-state index in [-0.39, 0.29) is 37.2 Å². The van der Waals surface area contributed by atoms with Gasteiger partial charge in [0.2, 0.25) is 0 Å². The second-order valence-electron chi connectivity index (χ2n) is 19.4. The van der Waals surface area contributed by atoms with Crippen LogP contribution in [0.1, 0.15) is 71.3 Å². The maximum atomic E-state index is 14.3. The summed E-state index contributed by atoms with van der Waals surface area (Å²) in [6, 6.07) is 44.7. The number of furan rings is 1. The van der Waals surface area contributed by atoms with Gasteiger partial charge in [-0.05, 0) is 63.2 Å². The van der Waals surface area contributed by atoms with E-state index in [1.165, 1.54) is 0 Å². The lowest BCUT2D eigenvalue weighted by atomic mass is 9.73. The third-order valence-electron chi connectivity index (χ3n) is 13.4. The Kier molecular flexibility index (Phi) is 13.6. The molecule has 62 heavy (non-hydrogen) atoms. The molecule has 0 saturated carbocycles. The van der Waals surface area contributed by atoms with Gasteiger partial charge in [-0.15, -0.1) is 6.58 Å². The molecule has 4 aromatic carbocycles. The van der Waals surface area contributed by atoms with Crippen molar-refractivity contribution in [2.24, 2.45) is 0 Å². The van der Waals surface area contributed by atoms with Crippen LogP contribution in [-0.4, -0.2) is 64.7 Å². The van der Waals surface area contributed by atoms with E-state index >= 15 is 0 Å². The average molecular weight is 875 g/mol. The minimum absolute atomic E-state index is 0.0602. The monoisotopic (exact) mass is 874 g/mol. The highest BCUT2D eigenvalue weighted by molar-refractivity contribution is 6.99. The summed E-state index contributed by atoms with van der Waals surface area (Å²) in [7, 11) is -5.69. The van der Waals surface area contributed by atoms with Gasteiger partial charge in [-0.2, -0.15) is 0 Å². The summed E-state index contributed by atoms with van der Waals surface area (Å²) in [6.07, 6.45) is 1.54. The fourth-order valence-corrected chi connectivity index (χ4v) is 14.7. The van der Waals surface area contributed by atoms with Gasteiger partial charge in [0.25, 0.3) is 8.32 Å². The Bertz CT molecular complexity index is 2130. The molecule has 0 spiro atoms. The van der Waals surface area contributed by atoms with E-state index < -0.39 is 57.0 Å². The van der Waals surface area contributed by atoms with E-state index in [1.807, 2.05) is 78.9 Å². The molecule has 0 amide bonds. The van der Waals surface area contributed by atoms with E-state index in [0.29, 0.717) is 12.8 Å². The van der Waals surface area contributed by atoms with Crippen LogP contribution in [-0.2, 0) is 46.6 Å². The van der Waals surface area contributed by atoms with Crippen molar-refractivity contribution in [3.8, 4) is 0 Å². The van der Waals surface area contributed by atoms with Crippen LogP contribution in [0.5, 0.6) is 0 Å². The number of fused-ring (bicyclic) bond motifs is 2. The first-order valence-electron chi connectivity index (χ1n) is 22.0. The predicted octanol–water partition coefficient (Wildman–Crippen LogP) is 10.1. The Morgan fingerprint density at radius 3 is 1.66 bits per heavy atom. The Morgan fingerprint density at radius 2 is 1.19 bits per heavy atom. The van der Waals surface area contributed by atoms with E-state index in [9.17, 15) is 5.11 Å². The van der Waals surface area contributed by atoms with Gasteiger partial charge >= 0.3 is 0 Å². The first-order valence-corrected chi connectivity index (χ1v) is 26.8. The zero-order valence-corrected chi connectivity index (χ0v) is 39.8. The van der Waals surface area contributed by atoms with Gasteiger partial charge in [-0.1, -0.05) is 169 Å². The standard InChI is InChI=1S/C52H66O8Si2/c1-10-11-34-51-47(56-37-41-27-18-13-19-28-41)46(55-36-40-25-16-12-17-26-40)50(60-51,52(53,44-33-24-35-54-44)45(59-51)38-57-61(8,9)48(2,3)4)39-58-62(49(5,6)7,42-29-20-14-21-30-42)43-31-22-15-23-32-43/h10,12-33,35,45-47,53H,1,11,34,36-39H2,2-9H3/t45-,46-,47-,50-,51+,52+/m1/s1. The van der Waals surface area contributed by atoms with Crippen LogP contribution in [0.4, 0.5) is 0 Å². The third-order valence-corrected chi connectivity index (χ3v) is 22.9. The normalized spacial score (nSPS) is 25.5. The summed E-state index contributed by atoms with van der Waals surface area (Å²) in [5.41, 5.74) is -1.77. The second kappa shape index (κ2) is 18.3. The van der Waals surface area contributed by atoms with Gasteiger partial charge in [-0.3, -0.25) is 0 Å². The van der Waals surface area contributed by atoms with Crippen LogP contribution in [0.25, 0.3) is 0 Å². The van der Waals surface area contributed by atoms with E-state index in [1.54, 1.807) is 18.4 Å². The van der Waals surface area contributed by atoms with E-state index in [2.05, 4.69) is 110 Å². The van der Waals surface area contributed by atoms with Crippen molar-refractivity contribution in [1.29, 1.82) is 0 Å². The van der Waals surface area contributed by atoms with Crippen LogP contribution in [0, 0.1) is 0 Å². The van der Waals surface area contributed by atoms with Gasteiger partial charge in [0.15, 0.2) is 25.3 Å². The summed E-state index contributed by atoms with van der Waals surface area (Å²) in [5, 5.41) is 15.9. The fourth-order valence-electron chi connectivity index (χ4n) is 9.11. The van der Waals surface area contributed by atoms with Crippen molar-refractivity contribution in [3.63, 3.8) is 0 Å². The average Bonchev–Trinajstić information content (AvgIpc) is 3.89. The topological polar surface area (TPSA) is 88.8 Å². The van der Waals surface area contributed by atoms with Crippen LogP contribution in [0.15, 0.2) is 157 Å². The van der Waals surface area contributed by atoms with Crippen molar-refractivity contribution in [1.82, 2.24) is 0 Å². The molecule has 330 valence electrons. The molecule has 1 N–H and O–H groups in total. The lowest BCUT2D eigenvalue weighted by Gasteiger charge is -2.55. The molecule has 2 aliphatic rings. The number of benzene rings is 4. The number of aliphatic hydroxyl groups is 1. The minimum atomic E-state index is -3.28. The lowest BCUT2D eigenvalue weighted by molar-refractivity contribution is -0.409. The molecule has 6 atom stereocenters. The molecule has 2 fully saturated rings.